The number of rotatable bonds is 3. The number of halogens is 1. The van der Waals surface area contributed by atoms with Crippen LogP contribution in [0.25, 0.3) is 11.3 Å². The molecule has 0 saturated heterocycles. The maximum absolute atomic E-state index is 12.5. The van der Waals surface area contributed by atoms with Crippen molar-refractivity contribution < 1.29 is 14.2 Å². The van der Waals surface area contributed by atoms with Gasteiger partial charge in [0.1, 0.15) is 13.2 Å². The molecule has 0 saturated carbocycles. The van der Waals surface area contributed by atoms with Crippen LogP contribution in [0, 0.1) is 3.57 Å². The molecule has 0 amide bonds. The van der Waals surface area contributed by atoms with E-state index in [4.69, 9.17) is 14.2 Å². The second-order valence-electron chi connectivity index (χ2n) is 6.77. The topological polar surface area (TPSA) is 62.6 Å². The zero-order valence-electron chi connectivity index (χ0n) is 14.9. The minimum Gasteiger partial charge on any atom is -0.486 e. The number of benzene rings is 2. The van der Waals surface area contributed by atoms with Gasteiger partial charge in [0, 0.05) is 21.7 Å². The fraction of sp³-hybridized carbons (Fsp3) is 0.238. The lowest BCUT2D eigenvalue weighted by Crippen LogP contribution is -2.35. The lowest BCUT2D eigenvalue weighted by molar-refractivity contribution is 0.0520. The first kappa shape index (κ1) is 17.5. The number of hydrogen-bond donors (Lipinski definition) is 0. The molecule has 1 atom stereocenters. The van der Waals surface area contributed by atoms with Crippen LogP contribution in [0.1, 0.15) is 5.56 Å². The molecule has 3 aromatic rings. The van der Waals surface area contributed by atoms with Gasteiger partial charge in [0.05, 0.1) is 5.69 Å². The van der Waals surface area contributed by atoms with Crippen molar-refractivity contribution in [2.45, 2.75) is 19.1 Å². The Bertz CT molecular complexity index is 1110. The Morgan fingerprint density at radius 2 is 2.04 bits per heavy atom. The Hall–Kier alpha value is -2.55. The average molecular weight is 488 g/mol. The van der Waals surface area contributed by atoms with Crippen molar-refractivity contribution >= 4 is 22.6 Å². The highest BCUT2D eigenvalue weighted by molar-refractivity contribution is 14.1. The van der Waals surface area contributed by atoms with Gasteiger partial charge in [-0.05, 0) is 58.8 Å². The molecule has 0 spiro atoms. The van der Waals surface area contributed by atoms with Gasteiger partial charge in [-0.15, -0.1) is 0 Å². The van der Waals surface area contributed by atoms with E-state index in [0.29, 0.717) is 24.8 Å². The molecule has 0 N–H and O–H groups in total. The van der Waals surface area contributed by atoms with Crippen molar-refractivity contribution in [2.24, 2.45) is 0 Å². The van der Waals surface area contributed by atoms with Crippen LogP contribution in [0.15, 0.2) is 53.3 Å². The molecule has 5 rings (SSSR count). The number of fused-ring (bicyclic) bond motifs is 4. The van der Waals surface area contributed by atoms with Crippen LogP contribution in [0.4, 0.5) is 0 Å². The molecule has 1 unspecified atom stereocenters. The smallest absolute Gasteiger partial charge is 0.351 e. The second-order valence-corrected chi connectivity index (χ2v) is 8.02. The van der Waals surface area contributed by atoms with Crippen molar-refractivity contribution in [3.8, 4) is 28.6 Å². The number of ether oxygens (including phenoxy) is 3. The summed E-state index contributed by atoms with van der Waals surface area (Å²) in [6, 6.07) is 15.6. The first-order valence-corrected chi connectivity index (χ1v) is 10.2. The molecule has 0 aliphatic carbocycles. The molecule has 7 heteroatoms. The van der Waals surface area contributed by atoms with E-state index in [0.717, 1.165) is 23.4 Å². The lowest BCUT2D eigenvalue weighted by atomic mass is 9.98. The van der Waals surface area contributed by atoms with Crippen molar-refractivity contribution in [3.63, 3.8) is 0 Å². The van der Waals surface area contributed by atoms with Crippen molar-refractivity contribution in [1.82, 2.24) is 9.55 Å². The molecule has 1 aromatic heterocycles. The van der Waals surface area contributed by atoms with Crippen LogP contribution in [0.5, 0.6) is 17.4 Å². The zero-order valence-corrected chi connectivity index (χ0v) is 17.1. The van der Waals surface area contributed by atoms with Gasteiger partial charge in [0.15, 0.2) is 17.6 Å². The van der Waals surface area contributed by atoms with Crippen LogP contribution < -0.4 is 19.9 Å². The van der Waals surface area contributed by atoms with E-state index < -0.39 is 0 Å². The maximum atomic E-state index is 12.5. The monoisotopic (exact) mass is 488 g/mol. The van der Waals surface area contributed by atoms with Gasteiger partial charge < -0.3 is 14.2 Å². The summed E-state index contributed by atoms with van der Waals surface area (Å²) < 4.78 is 20.3. The summed E-state index contributed by atoms with van der Waals surface area (Å²) in [5.74, 6) is 1.74. The second kappa shape index (κ2) is 7.12. The van der Waals surface area contributed by atoms with E-state index in [1.54, 1.807) is 4.57 Å². The third-order valence-electron chi connectivity index (χ3n) is 4.92. The summed E-state index contributed by atoms with van der Waals surface area (Å²) in [5, 5.41) is 0. The molecule has 6 nitrogen and oxygen atoms in total. The summed E-state index contributed by atoms with van der Waals surface area (Å²) in [6.45, 7) is 1.27. The van der Waals surface area contributed by atoms with E-state index in [-0.39, 0.29) is 18.4 Å². The average Bonchev–Trinajstić information content (AvgIpc) is 2.71. The Morgan fingerprint density at radius 1 is 1.18 bits per heavy atom. The predicted molar refractivity (Wildman–Crippen MR) is 112 cm³/mol. The Kier molecular flexibility index (Phi) is 4.46. The summed E-state index contributed by atoms with van der Waals surface area (Å²) >= 11 is 2.31. The molecule has 2 aliphatic heterocycles. The van der Waals surface area contributed by atoms with Gasteiger partial charge in [-0.25, -0.2) is 4.79 Å². The molecule has 0 radical (unpaired) electrons. The normalized spacial score (nSPS) is 16.8. The number of para-hydroxylation sites is 2. The Balaban J connectivity index is 1.38. The molecule has 142 valence electrons. The molecule has 3 heterocycles. The minimum atomic E-state index is -0.289. The molecular weight excluding hydrogens is 471 g/mol. The minimum absolute atomic E-state index is 0.254. The first-order valence-electron chi connectivity index (χ1n) is 9.09. The third kappa shape index (κ3) is 3.23. The van der Waals surface area contributed by atoms with Crippen molar-refractivity contribution in [1.29, 1.82) is 0 Å². The lowest BCUT2D eigenvalue weighted by Gasteiger charge is -2.26. The summed E-state index contributed by atoms with van der Waals surface area (Å²) in [5.41, 5.74) is 2.85. The molecule has 0 fully saturated rings. The summed E-state index contributed by atoms with van der Waals surface area (Å²) in [4.78, 5) is 16.6. The van der Waals surface area contributed by atoms with E-state index >= 15 is 0 Å². The summed E-state index contributed by atoms with van der Waals surface area (Å²) in [6.07, 6.45) is 0.567. The zero-order chi connectivity index (χ0) is 19.1. The quantitative estimate of drug-likeness (QED) is 0.530. The van der Waals surface area contributed by atoms with Gasteiger partial charge in [0.2, 0.25) is 5.88 Å². The van der Waals surface area contributed by atoms with E-state index in [1.165, 1.54) is 9.13 Å². The van der Waals surface area contributed by atoms with Crippen LogP contribution in [-0.2, 0) is 13.0 Å². The van der Waals surface area contributed by atoms with Crippen molar-refractivity contribution in [2.75, 3.05) is 13.2 Å². The van der Waals surface area contributed by atoms with Crippen LogP contribution in [0.2, 0.25) is 0 Å². The molecule has 2 aromatic carbocycles. The largest absolute Gasteiger partial charge is 0.486 e. The van der Waals surface area contributed by atoms with Crippen molar-refractivity contribution in [3.05, 3.63) is 68.1 Å². The molecule has 2 aliphatic rings. The first-order chi connectivity index (χ1) is 13.7. The third-order valence-corrected chi connectivity index (χ3v) is 5.59. The number of aryl methyl sites for hydroxylation is 1. The summed E-state index contributed by atoms with van der Waals surface area (Å²) in [7, 11) is 0. The SMILES string of the molecule is O=c1nc(OCC2COc3ccccc3O2)cc2n1CCc1cc(I)ccc1-2. The van der Waals surface area contributed by atoms with Gasteiger partial charge in [-0.3, -0.25) is 4.57 Å². The molecule has 0 bridgehead atoms. The van der Waals surface area contributed by atoms with E-state index in [2.05, 4.69) is 39.7 Å². The van der Waals surface area contributed by atoms with Gasteiger partial charge in [-0.2, -0.15) is 4.98 Å². The Labute approximate surface area is 175 Å². The molecule has 28 heavy (non-hydrogen) atoms. The number of nitrogens with zero attached hydrogens (tertiary/aromatic N) is 2. The fourth-order valence-corrected chi connectivity index (χ4v) is 4.13. The van der Waals surface area contributed by atoms with Crippen LogP contribution in [0.3, 0.4) is 0 Å². The predicted octanol–water partition coefficient (Wildman–Crippen LogP) is 3.29. The highest BCUT2D eigenvalue weighted by Crippen LogP contribution is 2.32. The highest BCUT2D eigenvalue weighted by atomic mass is 127. The standard InChI is InChI=1S/C21H17IN2O4/c22-14-5-6-16-13(9-14)7-8-24-17(16)10-20(23-21(24)25)27-12-15-11-26-18-3-1-2-4-19(18)28-15/h1-6,9-10,15H,7-8,11-12H2. The number of aromatic nitrogens is 2. The van der Waals surface area contributed by atoms with Gasteiger partial charge >= 0.3 is 5.69 Å². The van der Waals surface area contributed by atoms with Gasteiger partial charge in [0.25, 0.3) is 0 Å². The highest BCUT2D eigenvalue weighted by Gasteiger charge is 2.23. The molecular formula is C21H17IN2O4. The van der Waals surface area contributed by atoms with Crippen LogP contribution in [-0.4, -0.2) is 28.9 Å². The fourth-order valence-electron chi connectivity index (χ4n) is 3.57. The van der Waals surface area contributed by atoms with E-state index in [1.807, 2.05) is 36.4 Å². The number of hydrogen-bond acceptors (Lipinski definition) is 5. The maximum Gasteiger partial charge on any atom is 0.351 e. The van der Waals surface area contributed by atoms with Gasteiger partial charge in [-0.1, -0.05) is 18.2 Å². The Morgan fingerprint density at radius 3 is 2.93 bits per heavy atom. The van der Waals surface area contributed by atoms with E-state index in [9.17, 15) is 4.79 Å². The van der Waals surface area contributed by atoms with Crippen LogP contribution >= 0.6 is 22.6 Å².